The quantitative estimate of drug-likeness (QED) is 0.648. The highest BCUT2D eigenvalue weighted by molar-refractivity contribution is 4.99. The zero-order valence-corrected chi connectivity index (χ0v) is 10.6. The number of aryl methyl sites for hydroxylation is 1. The van der Waals surface area contributed by atoms with Gasteiger partial charge in [0, 0.05) is 26.4 Å². The van der Waals surface area contributed by atoms with Gasteiger partial charge in [-0.25, -0.2) is 0 Å². The van der Waals surface area contributed by atoms with Gasteiger partial charge in [-0.3, -0.25) is 4.68 Å². The van der Waals surface area contributed by atoms with Crippen molar-refractivity contribution >= 4 is 0 Å². The van der Waals surface area contributed by atoms with E-state index in [2.05, 4.69) is 25.8 Å². The molecule has 0 fully saturated rings. The number of nitrogens with one attached hydrogen (secondary N) is 1. The smallest absolute Gasteiger partial charge is 0.196 e. The Labute approximate surface area is 105 Å². The minimum Gasteiger partial charge on any atom is -0.383 e. The highest BCUT2D eigenvalue weighted by Gasteiger charge is 2.03. The first-order valence-electron chi connectivity index (χ1n) is 5.73. The van der Waals surface area contributed by atoms with Gasteiger partial charge in [0.15, 0.2) is 5.82 Å². The normalized spacial score (nSPS) is 11.0. The fourth-order valence-corrected chi connectivity index (χ4v) is 1.51. The van der Waals surface area contributed by atoms with E-state index >= 15 is 0 Å². The van der Waals surface area contributed by atoms with Crippen LogP contribution in [-0.4, -0.2) is 50.2 Å². The minimum atomic E-state index is 0.534. The summed E-state index contributed by atoms with van der Waals surface area (Å²) in [6, 6.07) is 1.97. The van der Waals surface area contributed by atoms with Gasteiger partial charge in [0.2, 0.25) is 0 Å². The first-order valence-corrected chi connectivity index (χ1v) is 5.73. The molecule has 0 amide bonds. The van der Waals surface area contributed by atoms with E-state index in [9.17, 15) is 0 Å². The summed E-state index contributed by atoms with van der Waals surface area (Å²) < 4.78 is 6.75. The van der Waals surface area contributed by atoms with Gasteiger partial charge >= 0.3 is 0 Å². The van der Waals surface area contributed by atoms with Gasteiger partial charge in [-0.1, -0.05) is 0 Å². The lowest BCUT2D eigenvalue weighted by molar-refractivity contribution is 0.199. The first-order chi connectivity index (χ1) is 8.78. The van der Waals surface area contributed by atoms with Crippen LogP contribution in [0, 0.1) is 0 Å². The zero-order chi connectivity index (χ0) is 12.8. The monoisotopic (exact) mass is 251 g/mol. The van der Waals surface area contributed by atoms with E-state index in [0.717, 1.165) is 18.8 Å². The van der Waals surface area contributed by atoms with Crippen LogP contribution < -0.4 is 5.32 Å². The molecule has 2 aromatic heterocycles. The van der Waals surface area contributed by atoms with Gasteiger partial charge in [-0.2, -0.15) is 9.90 Å². The Morgan fingerprint density at radius 3 is 3.00 bits per heavy atom. The number of methoxy groups -OCH3 is 1. The lowest BCUT2D eigenvalue weighted by Crippen LogP contribution is -2.19. The molecule has 0 saturated heterocycles. The van der Waals surface area contributed by atoms with Gasteiger partial charge in [-0.05, 0) is 11.3 Å². The van der Waals surface area contributed by atoms with E-state index in [0.29, 0.717) is 19.0 Å². The summed E-state index contributed by atoms with van der Waals surface area (Å²) in [6.07, 6.45) is 1.91. The summed E-state index contributed by atoms with van der Waals surface area (Å²) in [5, 5.41) is 19.4. The zero-order valence-electron chi connectivity index (χ0n) is 10.6. The molecule has 0 saturated carbocycles. The largest absolute Gasteiger partial charge is 0.383 e. The lowest BCUT2D eigenvalue weighted by Gasteiger charge is -2.00. The summed E-state index contributed by atoms with van der Waals surface area (Å²) in [6.45, 7) is 2.77. The second kappa shape index (κ2) is 6.22. The number of tetrazole rings is 1. The molecule has 0 unspecified atom stereocenters. The summed E-state index contributed by atoms with van der Waals surface area (Å²) in [4.78, 5) is 1.44. The molecule has 0 radical (unpaired) electrons. The van der Waals surface area contributed by atoms with Crippen LogP contribution in [0.15, 0.2) is 12.3 Å². The van der Waals surface area contributed by atoms with Crippen molar-refractivity contribution in [3.05, 3.63) is 23.8 Å². The van der Waals surface area contributed by atoms with E-state index in [1.165, 1.54) is 4.80 Å². The third-order valence-electron chi connectivity index (χ3n) is 2.34. The highest BCUT2D eigenvalue weighted by Crippen LogP contribution is 1.97. The van der Waals surface area contributed by atoms with Crippen LogP contribution >= 0.6 is 0 Å². The summed E-state index contributed by atoms with van der Waals surface area (Å²) in [7, 11) is 3.43. The summed E-state index contributed by atoms with van der Waals surface area (Å²) in [5.41, 5.74) is 0.981. The molecule has 0 aromatic carbocycles. The minimum absolute atomic E-state index is 0.534. The van der Waals surface area contributed by atoms with Crippen molar-refractivity contribution in [2.45, 2.75) is 13.1 Å². The third-order valence-corrected chi connectivity index (χ3v) is 2.34. The molecule has 0 spiro atoms. The molecule has 0 bridgehead atoms. The molecule has 0 atom stereocenters. The SMILES string of the molecule is COCCNCc1ccn(Cc2nnn(C)n2)n1. The molecule has 8 heteroatoms. The molecule has 18 heavy (non-hydrogen) atoms. The molecule has 2 rings (SSSR count). The van der Waals surface area contributed by atoms with E-state index in [1.54, 1.807) is 18.8 Å². The Bertz CT molecular complexity index is 478. The van der Waals surface area contributed by atoms with Gasteiger partial charge in [-0.15, -0.1) is 10.2 Å². The number of hydrogen-bond acceptors (Lipinski definition) is 6. The molecular weight excluding hydrogens is 234 g/mol. The van der Waals surface area contributed by atoms with Crippen molar-refractivity contribution in [3.63, 3.8) is 0 Å². The fourth-order valence-electron chi connectivity index (χ4n) is 1.51. The van der Waals surface area contributed by atoms with Crippen molar-refractivity contribution in [1.82, 2.24) is 35.3 Å². The molecule has 0 aliphatic rings. The average Bonchev–Trinajstić information content (AvgIpc) is 2.95. The molecule has 2 heterocycles. The molecule has 2 aromatic rings. The van der Waals surface area contributed by atoms with Crippen molar-refractivity contribution in [1.29, 1.82) is 0 Å². The van der Waals surface area contributed by atoms with Crippen LogP contribution in [0.4, 0.5) is 0 Å². The van der Waals surface area contributed by atoms with Crippen molar-refractivity contribution in [2.24, 2.45) is 7.05 Å². The maximum Gasteiger partial charge on any atom is 0.196 e. The number of ether oxygens (including phenoxy) is 1. The van der Waals surface area contributed by atoms with E-state index in [4.69, 9.17) is 4.74 Å². The van der Waals surface area contributed by atoms with Gasteiger partial charge in [0.1, 0.15) is 6.54 Å². The first kappa shape index (κ1) is 12.7. The van der Waals surface area contributed by atoms with Gasteiger partial charge < -0.3 is 10.1 Å². The van der Waals surface area contributed by atoms with Gasteiger partial charge in [0.25, 0.3) is 0 Å². The molecule has 0 aliphatic carbocycles. The second-order valence-corrected chi connectivity index (χ2v) is 3.87. The third kappa shape index (κ3) is 3.60. The number of hydrogen-bond donors (Lipinski definition) is 1. The van der Waals surface area contributed by atoms with Crippen molar-refractivity contribution in [2.75, 3.05) is 20.3 Å². The summed E-state index contributed by atoms with van der Waals surface area (Å²) >= 11 is 0. The molecule has 1 N–H and O–H groups in total. The number of aromatic nitrogens is 6. The predicted molar refractivity (Wildman–Crippen MR) is 63.7 cm³/mol. The van der Waals surface area contributed by atoms with E-state index in [-0.39, 0.29) is 0 Å². The van der Waals surface area contributed by atoms with E-state index < -0.39 is 0 Å². The standard InChI is InChI=1S/C10H17N7O/c1-16-14-10(12-15-16)8-17-5-3-9(13-17)7-11-4-6-18-2/h3,5,11H,4,6-8H2,1-2H3. The van der Waals surface area contributed by atoms with Gasteiger partial charge in [0.05, 0.1) is 19.3 Å². The Morgan fingerprint density at radius 2 is 2.28 bits per heavy atom. The van der Waals surface area contributed by atoms with Crippen molar-refractivity contribution in [3.8, 4) is 0 Å². The predicted octanol–water partition coefficient (Wildman–Crippen LogP) is -0.809. The maximum atomic E-state index is 4.95. The highest BCUT2D eigenvalue weighted by atomic mass is 16.5. The van der Waals surface area contributed by atoms with Crippen LogP contribution in [-0.2, 0) is 24.9 Å². The van der Waals surface area contributed by atoms with Crippen molar-refractivity contribution < 1.29 is 4.74 Å². The van der Waals surface area contributed by atoms with Crippen LogP contribution in [0.25, 0.3) is 0 Å². The molecule has 98 valence electrons. The number of rotatable bonds is 7. The fraction of sp³-hybridized carbons (Fsp3) is 0.600. The Balaban J connectivity index is 1.82. The topological polar surface area (TPSA) is 82.7 Å². The molecule has 0 aliphatic heterocycles. The number of nitrogens with zero attached hydrogens (tertiary/aromatic N) is 6. The van der Waals surface area contributed by atoms with E-state index in [1.807, 2.05) is 12.3 Å². The van der Waals surface area contributed by atoms with Crippen LogP contribution in [0.2, 0.25) is 0 Å². The van der Waals surface area contributed by atoms with Crippen LogP contribution in [0.1, 0.15) is 11.5 Å². The van der Waals surface area contributed by atoms with Crippen LogP contribution in [0.3, 0.4) is 0 Å². The molecular formula is C10H17N7O. The van der Waals surface area contributed by atoms with Crippen LogP contribution in [0.5, 0.6) is 0 Å². The Kier molecular flexibility index (Phi) is 4.37. The lowest BCUT2D eigenvalue weighted by atomic mass is 10.4. The maximum absolute atomic E-state index is 4.95. The molecule has 8 nitrogen and oxygen atoms in total. The Morgan fingerprint density at radius 1 is 1.39 bits per heavy atom. The second-order valence-electron chi connectivity index (χ2n) is 3.87. The Hall–Kier alpha value is -1.80. The summed E-state index contributed by atoms with van der Waals surface area (Å²) in [5.74, 6) is 0.652. The average molecular weight is 251 g/mol.